The number of hydrogen-bond acceptors (Lipinski definition) is 4. The number of anilines is 2. The van der Waals surface area contributed by atoms with E-state index in [1.54, 1.807) is 29.2 Å². The molecule has 0 bridgehead atoms. The fourth-order valence-corrected chi connectivity index (χ4v) is 3.73. The minimum Gasteiger partial charge on any atom is -0.447 e. The molecule has 2 saturated heterocycles. The molecule has 2 fully saturated rings. The molecule has 2 aliphatic heterocycles. The van der Waals surface area contributed by atoms with Gasteiger partial charge in [0.1, 0.15) is 6.61 Å². The molecule has 7 nitrogen and oxygen atoms in total. The van der Waals surface area contributed by atoms with Crippen LogP contribution < -0.4 is 10.2 Å². The van der Waals surface area contributed by atoms with Crippen LogP contribution in [0.25, 0.3) is 0 Å². The van der Waals surface area contributed by atoms with Crippen LogP contribution in [0.2, 0.25) is 0 Å². The predicted octanol–water partition coefficient (Wildman–Crippen LogP) is 2.67. The van der Waals surface area contributed by atoms with Crippen LogP contribution in [0.5, 0.6) is 0 Å². The second kappa shape index (κ2) is 8.34. The Kier molecular flexibility index (Phi) is 5.46. The van der Waals surface area contributed by atoms with Gasteiger partial charge in [0.25, 0.3) is 0 Å². The fourth-order valence-electron chi connectivity index (χ4n) is 3.73. The molecule has 3 amide bonds. The minimum atomic E-state index is -0.421. The van der Waals surface area contributed by atoms with Crippen molar-refractivity contribution in [3.8, 4) is 0 Å². The maximum Gasteiger partial charge on any atom is 0.414 e. The highest BCUT2D eigenvalue weighted by Crippen LogP contribution is 2.29. The maximum atomic E-state index is 12.8. The van der Waals surface area contributed by atoms with Gasteiger partial charge in [0, 0.05) is 19.5 Å². The molecular weight excluding hydrogens is 370 g/mol. The second-order valence-electron chi connectivity index (χ2n) is 7.25. The number of benzene rings is 2. The van der Waals surface area contributed by atoms with Crippen molar-refractivity contribution in [3.63, 3.8) is 0 Å². The molecule has 0 aliphatic carbocycles. The summed E-state index contributed by atoms with van der Waals surface area (Å²) in [4.78, 5) is 40.3. The lowest BCUT2D eigenvalue weighted by Crippen LogP contribution is -2.30. The lowest BCUT2D eigenvalue weighted by Gasteiger charge is -2.19. The topological polar surface area (TPSA) is 79.0 Å². The Bertz CT molecular complexity index is 915. The van der Waals surface area contributed by atoms with Gasteiger partial charge in [-0.2, -0.15) is 0 Å². The van der Waals surface area contributed by atoms with Crippen LogP contribution >= 0.6 is 0 Å². The van der Waals surface area contributed by atoms with E-state index in [-0.39, 0.29) is 18.2 Å². The van der Waals surface area contributed by atoms with Gasteiger partial charge in [-0.05, 0) is 24.1 Å². The van der Waals surface area contributed by atoms with Crippen molar-refractivity contribution in [3.05, 3.63) is 60.2 Å². The zero-order valence-electron chi connectivity index (χ0n) is 16.0. The van der Waals surface area contributed by atoms with Gasteiger partial charge in [-0.1, -0.05) is 42.5 Å². The molecule has 2 aliphatic rings. The molecule has 2 aromatic rings. The van der Waals surface area contributed by atoms with E-state index in [2.05, 4.69) is 5.32 Å². The summed E-state index contributed by atoms with van der Waals surface area (Å²) in [6, 6.07) is 17.1. The molecule has 4 rings (SSSR count). The highest BCUT2D eigenvalue weighted by molar-refractivity contribution is 6.02. The molecular formula is C22H23N3O4. The number of carbonyl (C=O) groups is 3. The molecule has 1 N–H and O–H groups in total. The van der Waals surface area contributed by atoms with Gasteiger partial charge in [0.15, 0.2) is 0 Å². The molecule has 0 spiro atoms. The first-order chi connectivity index (χ1) is 14.1. The number of rotatable bonds is 6. The van der Waals surface area contributed by atoms with Crippen LogP contribution in [-0.4, -0.2) is 49.0 Å². The number of nitrogens with one attached hydrogen (secondary N) is 1. The number of ether oxygens (including phenoxy) is 1. The number of cyclic esters (lactones) is 1. The average Bonchev–Trinajstić information content (AvgIpc) is 3.33. The standard InChI is InChI=1S/C22H23N3O4/c26-20-14-17(15-24(20)11-10-16-6-2-1-3-7-16)21(27)23-18-8-4-5-9-19(18)25-12-13-29-22(25)28/h1-9,17H,10-15H2,(H,23,27). The molecule has 7 heteroatoms. The third kappa shape index (κ3) is 4.23. The van der Waals surface area contributed by atoms with Crippen molar-refractivity contribution in [1.82, 2.24) is 4.90 Å². The summed E-state index contributed by atoms with van der Waals surface area (Å²) in [5.41, 5.74) is 2.32. The molecule has 1 atom stereocenters. The number of likely N-dealkylation sites (tertiary alicyclic amines) is 1. The van der Waals surface area contributed by atoms with Crippen LogP contribution in [-0.2, 0) is 20.7 Å². The summed E-state index contributed by atoms with van der Waals surface area (Å²) < 4.78 is 4.99. The summed E-state index contributed by atoms with van der Waals surface area (Å²) in [6.07, 6.45) is 0.546. The Balaban J connectivity index is 1.38. The van der Waals surface area contributed by atoms with E-state index in [1.165, 1.54) is 10.5 Å². The van der Waals surface area contributed by atoms with Crippen LogP contribution in [0.1, 0.15) is 12.0 Å². The van der Waals surface area contributed by atoms with Gasteiger partial charge >= 0.3 is 6.09 Å². The van der Waals surface area contributed by atoms with Crippen molar-refractivity contribution >= 4 is 29.3 Å². The Morgan fingerprint density at radius 1 is 1.07 bits per heavy atom. The van der Waals surface area contributed by atoms with E-state index in [4.69, 9.17) is 4.74 Å². The van der Waals surface area contributed by atoms with E-state index in [0.717, 1.165) is 6.42 Å². The lowest BCUT2D eigenvalue weighted by molar-refractivity contribution is -0.128. The zero-order chi connectivity index (χ0) is 20.2. The van der Waals surface area contributed by atoms with Gasteiger partial charge in [0.05, 0.1) is 23.8 Å². The van der Waals surface area contributed by atoms with Gasteiger partial charge in [0.2, 0.25) is 11.8 Å². The molecule has 150 valence electrons. The molecule has 29 heavy (non-hydrogen) atoms. The molecule has 0 saturated carbocycles. The van der Waals surface area contributed by atoms with E-state index in [9.17, 15) is 14.4 Å². The largest absolute Gasteiger partial charge is 0.447 e. The normalized spacial score (nSPS) is 18.8. The molecule has 2 aromatic carbocycles. The summed E-state index contributed by atoms with van der Waals surface area (Å²) in [5, 5.41) is 2.90. The van der Waals surface area contributed by atoms with Crippen molar-refractivity contribution < 1.29 is 19.1 Å². The van der Waals surface area contributed by atoms with Gasteiger partial charge in [-0.25, -0.2) is 4.79 Å². The SMILES string of the molecule is O=C(Nc1ccccc1N1CCOC1=O)C1CC(=O)N(CCc2ccccc2)C1. The first kappa shape index (κ1) is 19.0. The Morgan fingerprint density at radius 2 is 1.83 bits per heavy atom. The number of nitrogens with zero attached hydrogens (tertiary/aromatic N) is 2. The molecule has 0 radical (unpaired) electrons. The maximum absolute atomic E-state index is 12.8. The van der Waals surface area contributed by atoms with Crippen LogP contribution in [0.15, 0.2) is 54.6 Å². The van der Waals surface area contributed by atoms with Crippen LogP contribution in [0, 0.1) is 5.92 Å². The van der Waals surface area contributed by atoms with Crippen molar-refractivity contribution in [2.45, 2.75) is 12.8 Å². The predicted molar refractivity (Wildman–Crippen MR) is 109 cm³/mol. The first-order valence-corrected chi connectivity index (χ1v) is 9.77. The second-order valence-corrected chi connectivity index (χ2v) is 7.25. The lowest BCUT2D eigenvalue weighted by atomic mass is 10.1. The highest BCUT2D eigenvalue weighted by Gasteiger charge is 2.34. The number of hydrogen-bond donors (Lipinski definition) is 1. The molecule has 1 unspecified atom stereocenters. The van der Waals surface area contributed by atoms with E-state index in [0.29, 0.717) is 37.6 Å². The average molecular weight is 393 g/mol. The fraction of sp³-hybridized carbons (Fsp3) is 0.318. The third-order valence-electron chi connectivity index (χ3n) is 5.31. The van der Waals surface area contributed by atoms with Gasteiger partial charge in [-0.3, -0.25) is 14.5 Å². The summed E-state index contributed by atoms with van der Waals surface area (Å²) in [5.74, 6) is -0.616. The summed E-state index contributed by atoms with van der Waals surface area (Å²) in [7, 11) is 0. The van der Waals surface area contributed by atoms with Gasteiger partial charge in [-0.15, -0.1) is 0 Å². The van der Waals surface area contributed by atoms with E-state index in [1.807, 2.05) is 30.3 Å². The van der Waals surface area contributed by atoms with Crippen molar-refractivity contribution in [1.29, 1.82) is 0 Å². The zero-order valence-corrected chi connectivity index (χ0v) is 16.0. The number of carbonyl (C=O) groups excluding carboxylic acids is 3. The monoisotopic (exact) mass is 393 g/mol. The van der Waals surface area contributed by atoms with Crippen LogP contribution in [0.4, 0.5) is 16.2 Å². The first-order valence-electron chi connectivity index (χ1n) is 9.77. The van der Waals surface area contributed by atoms with Crippen molar-refractivity contribution in [2.24, 2.45) is 5.92 Å². The van der Waals surface area contributed by atoms with E-state index >= 15 is 0 Å². The number of para-hydroxylation sites is 2. The summed E-state index contributed by atoms with van der Waals surface area (Å²) >= 11 is 0. The number of amides is 3. The molecule has 0 aromatic heterocycles. The smallest absolute Gasteiger partial charge is 0.414 e. The Hall–Kier alpha value is -3.35. The minimum absolute atomic E-state index is 0.00233. The molecule has 2 heterocycles. The van der Waals surface area contributed by atoms with Crippen molar-refractivity contribution in [2.75, 3.05) is 36.5 Å². The van der Waals surface area contributed by atoms with E-state index < -0.39 is 12.0 Å². The Morgan fingerprint density at radius 3 is 2.59 bits per heavy atom. The van der Waals surface area contributed by atoms with Gasteiger partial charge < -0.3 is 15.0 Å². The third-order valence-corrected chi connectivity index (χ3v) is 5.31. The summed E-state index contributed by atoms with van der Waals surface area (Å²) in [6.45, 7) is 1.78. The quantitative estimate of drug-likeness (QED) is 0.818. The Labute approximate surface area is 169 Å². The highest BCUT2D eigenvalue weighted by atomic mass is 16.6. The van der Waals surface area contributed by atoms with Crippen LogP contribution in [0.3, 0.4) is 0 Å².